The molecule has 0 aliphatic heterocycles. The van der Waals surface area contributed by atoms with Gasteiger partial charge in [-0.15, -0.1) is 5.10 Å². The largest absolute Gasteiger partial charge is 0.383 e. The van der Waals surface area contributed by atoms with Crippen molar-refractivity contribution in [2.75, 3.05) is 5.73 Å². The van der Waals surface area contributed by atoms with Crippen molar-refractivity contribution in [3.05, 3.63) is 88.9 Å². The van der Waals surface area contributed by atoms with Gasteiger partial charge in [-0.3, -0.25) is 4.98 Å². The summed E-state index contributed by atoms with van der Waals surface area (Å²) >= 11 is 0. The second-order valence-corrected chi connectivity index (χ2v) is 9.36. The van der Waals surface area contributed by atoms with E-state index in [0.717, 1.165) is 29.8 Å². The fourth-order valence-corrected chi connectivity index (χ4v) is 4.98. The van der Waals surface area contributed by atoms with Gasteiger partial charge in [0, 0.05) is 17.7 Å². The lowest BCUT2D eigenvalue weighted by atomic mass is 9.73. The summed E-state index contributed by atoms with van der Waals surface area (Å²) in [7, 11) is 0. The number of anilines is 1. The van der Waals surface area contributed by atoms with Crippen LogP contribution in [0.15, 0.2) is 54.7 Å². The summed E-state index contributed by atoms with van der Waals surface area (Å²) < 4.78 is 29.0. The van der Waals surface area contributed by atoms with Gasteiger partial charge >= 0.3 is 0 Å². The molecule has 5 rings (SSSR count). The standard InChI is InChI=1S/C28H24F2N6/c1-15(2)18-9-10-19(24-8-4-7-23(34-24)17-11-16(13-31)28(32)33-14-17)27-20(18)12-25(35-36-27)26-21(29)5-3-6-22(26)30/h3-8,11-12,14-15,18-19H,9-10H2,1-2H3,(H2,32,33). The van der Waals surface area contributed by atoms with E-state index in [1.807, 2.05) is 18.2 Å². The lowest BCUT2D eigenvalue weighted by Gasteiger charge is -2.32. The predicted molar refractivity (Wildman–Crippen MR) is 133 cm³/mol. The molecule has 6 nitrogen and oxygen atoms in total. The normalized spacial score (nSPS) is 17.0. The van der Waals surface area contributed by atoms with Gasteiger partial charge in [-0.1, -0.05) is 26.0 Å². The number of pyridine rings is 2. The number of aromatic nitrogens is 4. The van der Waals surface area contributed by atoms with Crippen LogP contribution in [0.25, 0.3) is 22.5 Å². The Labute approximate surface area is 207 Å². The molecule has 1 aliphatic rings. The molecular formula is C28H24F2N6. The summed E-state index contributed by atoms with van der Waals surface area (Å²) in [6, 6.07) is 15.0. The second-order valence-electron chi connectivity index (χ2n) is 9.36. The van der Waals surface area contributed by atoms with Crippen molar-refractivity contribution in [1.82, 2.24) is 20.2 Å². The Bertz CT molecular complexity index is 1470. The molecule has 1 aliphatic carbocycles. The smallest absolute Gasteiger partial charge is 0.141 e. The predicted octanol–water partition coefficient (Wildman–Crippen LogP) is 6.00. The maximum Gasteiger partial charge on any atom is 0.141 e. The molecule has 3 aromatic heterocycles. The van der Waals surface area contributed by atoms with Crippen molar-refractivity contribution in [2.24, 2.45) is 5.92 Å². The molecular weight excluding hydrogens is 458 g/mol. The number of hydrogen-bond donors (Lipinski definition) is 1. The minimum Gasteiger partial charge on any atom is -0.383 e. The Morgan fingerprint density at radius 2 is 1.75 bits per heavy atom. The SMILES string of the molecule is CC(C)C1CCC(c2cccc(-c3cnc(N)c(C#N)c3)n2)c2nnc(-c3c(F)cccc3F)cc21. The number of benzene rings is 1. The molecule has 3 heterocycles. The van der Waals surface area contributed by atoms with Crippen LogP contribution in [0.5, 0.6) is 0 Å². The zero-order valence-corrected chi connectivity index (χ0v) is 19.9. The van der Waals surface area contributed by atoms with Gasteiger partial charge in [0.25, 0.3) is 0 Å². The summed E-state index contributed by atoms with van der Waals surface area (Å²) in [4.78, 5) is 8.99. The summed E-state index contributed by atoms with van der Waals surface area (Å²) in [6.07, 6.45) is 3.30. The van der Waals surface area contributed by atoms with Gasteiger partial charge in [-0.25, -0.2) is 13.8 Å². The quantitative estimate of drug-likeness (QED) is 0.383. The van der Waals surface area contributed by atoms with E-state index in [-0.39, 0.29) is 28.9 Å². The third kappa shape index (κ3) is 4.17. The van der Waals surface area contributed by atoms with Crippen LogP contribution in [0.3, 0.4) is 0 Å². The van der Waals surface area contributed by atoms with Gasteiger partial charge in [-0.05, 0) is 66.6 Å². The molecule has 4 aromatic rings. The molecule has 36 heavy (non-hydrogen) atoms. The molecule has 0 saturated heterocycles. The van der Waals surface area contributed by atoms with Crippen LogP contribution in [0.2, 0.25) is 0 Å². The van der Waals surface area contributed by atoms with Crippen molar-refractivity contribution in [3.63, 3.8) is 0 Å². The summed E-state index contributed by atoms with van der Waals surface area (Å²) in [5.74, 6) is -0.781. The molecule has 1 aromatic carbocycles. The molecule has 180 valence electrons. The van der Waals surface area contributed by atoms with Crippen LogP contribution in [0.4, 0.5) is 14.6 Å². The molecule has 0 saturated carbocycles. The van der Waals surface area contributed by atoms with Gasteiger partial charge in [0.15, 0.2) is 0 Å². The van der Waals surface area contributed by atoms with E-state index in [4.69, 9.17) is 10.7 Å². The van der Waals surface area contributed by atoms with E-state index in [2.05, 4.69) is 35.1 Å². The highest BCUT2D eigenvalue weighted by atomic mass is 19.1. The Balaban J connectivity index is 1.59. The zero-order valence-electron chi connectivity index (χ0n) is 19.9. The number of fused-ring (bicyclic) bond motifs is 1. The molecule has 0 spiro atoms. The van der Waals surface area contributed by atoms with Crippen molar-refractivity contribution in [2.45, 2.75) is 38.5 Å². The van der Waals surface area contributed by atoms with Crippen molar-refractivity contribution in [1.29, 1.82) is 5.26 Å². The van der Waals surface area contributed by atoms with Crippen LogP contribution in [-0.4, -0.2) is 20.2 Å². The van der Waals surface area contributed by atoms with Gasteiger partial charge in [0.1, 0.15) is 23.5 Å². The Morgan fingerprint density at radius 3 is 2.47 bits per heavy atom. The molecule has 0 radical (unpaired) electrons. The average Bonchev–Trinajstić information content (AvgIpc) is 2.88. The lowest BCUT2D eigenvalue weighted by molar-refractivity contribution is 0.407. The fourth-order valence-electron chi connectivity index (χ4n) is 4.98. The van der Waals surface area contributed by atoms with Crippen LogP contribution in [0.1, 0.15) is 61.0 Å². The van der Waals surface area contributed by atoms with Gasteiger partial charge in [-0.2, -0.15) is 10.4 Å². The number of rotatable bonds is 4. The maximum absolute atomic E-state index is 14.5. The van der Waals surface area contributed by atoms with Gasteiger partial charge < -0.3 is 5.73 Å². The molecule has 2 unspecified atom stereocenters. The number of nitrogens with zero attached hydrogens (tertiary/aromatic N) is 5. The van der Waals surface area contributed by atoms with Crippen molar-refractivity contribution in [3.8, 4) is 28.6 Å². The summed E-state index contributed by atoms with van der Waals surface area (Å²) in [5.41, 5.74) is 9.98. The second kappa shape index (κ2) is 9.42. The first-order valence-electron chi connectivity index (χ1n) is 11.8. The number of nitriles is 1. The number of nitrogens with two attached hydrogens (primary N) is 1. The zero-order chi connectivity index (χ0) is 25.4. The van der Waals surface area contributed by atoms with E-state index < -0.39 is 11.6 Å². The first kappa shape index (κ1) is 23.5. The Morgan fingerprint density at radius 1 is 1.00 bits per heavy atom. The van der Waals surface area contributed by atoms with Crippen molar-refractivity contribution >= 4 is 5.82 Å². The average molecular weight is 483 g/mol. The monoisotopic (exact) mass is 482 g/mol. The molecule has 0 amide bonds. The number of hydrogen-bond acceptors (Lipinski definition) is 6. The molecule has 0 fully saturated rings. The number of nitrogen functional groups attached to an aromatic ring is 1. The first-order chi connectivity index (χ1) is 17.4. The van der Waals surface area contributed by atoms with Gasteiger partial charge in [0.05, 0.1) is 33.9 Å². The minimum atomic E-state index is -0.666. The van der Waals surface area contributed by atoms with Crippen molar-refractivity contribution < 1.29 is 8.78 Å². The van der Waals surface area contributed by atoms with Crippen LogP contribution < -0.4 is 5.73 Å². The topological polar surface area (TPSA) is 101 Å². The summed E-state index contributed by atoms with van der Waals surface area (Å²) in [6.45, 7) is 4.27. The number of halogens is 2. The van der Waals surface area contributed by atoms with Crippen LogP contribution in [-0.2, 0) is 0 Å². The highest BCUT2D eigenvalue weighted by molar-refractivity contribution is 5.65. The first-order valence-corrected chi connectivity index (χ1v) is 11.8. The minimum absolute atomic E-state index is 0.126. The molecule has 2 N–H and O–H groups in total. The van der Waals surface area contributed by atoms with Crippen LogP contribution >= 0.6 is 0 Å². The lowest BCUT2D eigenvalue weighted by Crippen LogP contribution is -2.22. The maximum atomic E-state index is 14.5. The highest BCUT2D eigenvalue weighted by Crippen LogP contribution is 2.45. The third-order valence-electron chi connectivity index (χ3n) is 6.84. The van der Waals surface area contributed by atoms with Crippen LogP contribution in [0, 0.1) is 28.9 Å². The van der Waals surface area contributed by atoms with E-state index >= 15 is 0 Å². The molecule has 0 bridgehead atoms. The highest BCUT2D eigenvalue weighted by Gasteiger charge is 2.33. The molecule has 8 heteroatoms. The third-order valence-corrected chi connectivity index (χ3v) is 6.84. The Kier molecular flexibility index (Phi) is 6.15. The Hall–Kier alpha value is -4.25. The summed E-state index contributed by atoms with van der Waals surface area (Å²) in [5, 5.41) is 18.1. The van der Waals surface area contributed by atoms with E-state index in [1.165, 1.54) is 18.2 Å². The van der Waals surface area contributed by atoms with E-state index in [1.54, 1.807) is 18.3 Å². The van der Waals surface area contributed by atoms with E-state index in [9.17, 15) is 14.0 Å². The fraction of sp³-hybridized carbons (Fsp3) is 0.250. The van der Waals surface area contributed by atoms with E-state index in [0.29, 0.717) is 22.7 Å². The molecule has 2 atom stereocenters. The van der Waals surface area contributed by atoms with Gasteiger partial charge in [0.2, 0.25) is 0 Å².